The Hall–Kier alpha value is -2.09. The Morgan fingerprint density at radius 1 is 1.20 bits per heavy atom. The second-order valence-electron chi connectivity index (χ2n) is 4.16. The van der Waals surface area contributed by atoms with Gasteiger partial charge < -0.3 is 10.4 Å². The lowest BCUT2D eigenvalue weighted by Crippen LogP contribution is -2.02. The average molecular weight is 286 g/mol. The van der Waals surface area contributed by atoms with E-state index in [1.54, 1.807) is 10.9 Å². The van der Waals surface area contributed by atoms with Crippen LogP contribution >= 0.6 is 0 Å². The summed E-state index contributed by atoms with van der Waals surface area (Å²) in [7, 11) is 0. The van der Waals surface area contributed by atoms with Crippen LogP contribution in [0.1, 0.15) is 12.1 Å². The number of anilines is 1. The molecule has 2 N–H and O–H groups in total. The van der Waals surface area contributed by atoms with Gasteiger partial charge in [0.2, 0.25) is 0 Å². The molecule has 2 rings (SSSR count). The first kappa shape index (κ1) is 14.3. The van der Waals surface area contributed by atoms with Crippen molar-refractivity contribution in [2.24, 2.45) is 0 Å². The van der Waals surface area contributed by atoms with Gasteiger partial charge in [0, 0.05) is 31.0 Å². The summed E-state index contributed by atoms with van der Waals surface area (Å²) in [5.41, 5.74) is 0.680. The molecule has 0 fully saturated rings. The molecule has 0 spiro atoms. The van der Waals surface area contributed by atoms with Gasteiger partial charge in [-0.2, -0.15) is 0 Å². The van der Waals surface area contributed by atoms with Gasteiger partial charge in [-0.25, -0.2) is 13.2 Å². The fraction of sp³-hybridized carbons (Fsp3) is 0.333. The fourth-order valence-electron chi connectivity index (χ4n) is 1.61. The first-order chi connectivity index (χ1) is 9.60. The number of rotatable bonds is 6. The van der Waals surface area contributed by atoms with Crippen molar-refractivity contribution in [3.63, 3.8) is 0 Å². The van der Waals surface area contributed by atoms with Crippen LogP contribution in [0.25, 0.3) is 0 Å². The van der Waals surface area contributed by atoms with Gasteiger partial charge in [-0.05, 0) is 6.42 Å². The number of benzene rings is 1. The maximum Gasteiger partial charge on any atom is 0.194 e. The van der Waals surface area contributed by atoms with Gasteiger partial charge in [-0.15, -0.1) is 5.10 Å². The summed E-state index contributed by atoms with van der Waals surface area (Å²) < 4.78 is 40.3. The molecule has 0 aliphatic carbocycles. The number of hydrogen-bond donors (Lipinski definition) is 2. The van der Waals surface area contributed by atoms with Gasteiger partial charge in [0.05, 0.1) is 12.7 Å². The van der Waals surface area contributed by atoms with Gasteiger partial charge >= 0.3 is 0 Å². The number of aliphatic hydroxyl groups is 1. The van der Waals surface area contributed by atoms with Crippen LogP contribution in [0.5, 0.6) is 0 Å². The highest BCUT2D eigenvalue weighted by Gasteiger charge is 2.10. The van der Waals surface area contributed by atoms with Crippen molar-refractivity contribution in [1.82, 2.24) is 15.0 Å². The summed E-state index contributed by atoms with van der Waals surface area (Å²) in [5.74, 6) is -4.00. The summed E-state index contributed by atoms with van der Waals surface area (Å²) >= 11 is 0. The van der Waals surface area contributed by atoms with Crippen LogP contribution in [0.15, 0.2) is 18.3 Å². The van der Waals surface area contributed by atoms with Crippen LogP contribution in [0.2, 0.25) is 0 Å². The maximum atomic E-state index is 13.0. The summed E-state index contributed by atoms with van der Waals surface area (Å²) in [6.45, 7) is 0.786. The second kappa shape index (κ2) is 6.38. The van der Waals surface area contributed by atoms with E-state index < -0.39 is 17.5 Å². The van der Waals surface area contributed by atoms with Crippen LogP contribution in [0.3, 0.4) is 0 Å². The number of aliphatic hydroxyl groups excluding tert-OH is 1. The van der Waals surface area contributed by atoms with Crippen LogP contribution in [-0.2, 0) is 13.1 Å². The largest absolute Gasteiger partial charge is 0.396 e. The molecule has 0 saturated carbocycles. The molecule has 0 atom stereocenters. The van der Waals surface area contributed by atoms with Crippen molar-refractivity contribution < 1.29 is 18.3 Å². The first-order valence-corrected chi connectivity index (χ1v) is 5.98. The molecule has 0 amide bonds. The molecule has 1 aromatic carbocycles. The van der Waals surface area contributed by atoms with E-state index in [-0.39, 0.29) is 18.8 Å². The van der Waals surface area contributed by atoms with E-state index in [0.29, 0.717) is 18.7 Å². The van der Waals surface area contributed by atoms with Gasteiger partial charge in [-0.1, -0.05) is 5.21 Å². The zero-order chi connectivity index (χ0) is 14.5. The number of nitrogens with one attached hydrogen (secondary N) is 1. The van der Waals surface area contributed by atoms with E-state index in [2.05, 4.69) is 15.6 Å². The first-order valence-electron chi connectivity index (χ1n) is 5.98. The van der Waals surface area contributed by atoms with E-state index in [9.17, 15) is 13.2 Å². The molecular formula is C12H13F3N4O. The lowest BCUT2D eigenvalue weighted by Gasteiger charge is -2.05. The molecule has 8 heteroatoms. The zero-order valence-corrected chi connectivity index (χ0v) is 10.5. The van der Waals surface area contributed by atoms with Crippen molar-refractivity contribution in [3.05, 3.63) is 41.5 Å². The monoisotopic (exact) mass is 286 g/mol. The Balaban J connectivity index is 1.96. The SMILES string of the molecule is OCCCn1cc(CNc2cc(F)c(F)c(F)c2)nn1. The van der Waals surface area contributed by atoms with E-state index in [1.165, 1.54) is 0 Å². The minimum Gasteiger partial charge on any atom is -0.396 e. The average Bonchev–Trinajstić information content (AvgIpc) is 2.88. The predicted molar refractivity (Wildman–Crippen MR) is 65.4 cm³/mol. The van der Waals surface area contributed by atoms with Crippen LogP contribution < -0.4 is 5.32 Å². The third-order valence-electron chi connectivity index (χ3n) is 2.59. The number of aryl methyl sites for hydroxylation is 1. The molecule has 20 heavy (non-hydrogen) atoms. The third kappa shape index (κ3) is 3.47. The maximum absolute atomic E-state index is 13.0. The Morgan fingerprint density at radius 2 is 1.90 bits per heavy atom. The standard InChI is InChI=1S/C12H13F3N4O/c13-10-4-8(5-11(14)12(10)15)16-6-9-7-19(18-17-9)2-1-3-20/h4-5,7,16,20H,1-3,6H2. The summed E-state index contributed by atoms with van der Waals surface area (Å²) in [6, 6.07) is 1.74. The van der Waals surface area contributed by atoms with E-state index in [1.807, 2.05) is 0 Å². The third-order valence-corrected chi connectivity index (χ3v) is 2.59. The Morgan fingerprint density at radius 3 is 2.55 bits per heavy atom. The summed E-state index contributed by atoms with van der Waals surface area (Å²) in [6.07, 6.45) is 2.21. The van der Waals surface area contributed by atoms with E-state index in [4.69, 9.17) is 5.11 Å². The molecule has 0 radical (unpaired) electrons. The highest BCUT2D eigenvalue weighted by atomic mass is 19.2. The summed E-state index contributed by atoms with van der Waals surface area (Å²) in [4.78, 5) is 0. The number of aromatic nitrogens is 3. The molecule has 1 heterocycles. The van der Waals surface area contributed by atoms with Crippen molar-refractivity contribution in [2.45, 2.75) is 19.5 Å². The van der Waals surface area contributed by atoms with Crippen LogP contribution in [0.4, 0.5) is 18.9 Å². The smallest absolute Gasteiger partial charge is 0.194 e. The van der Waals surface area contributed by atoms with Crippen molar-refractivity contribution in [2.75, 3.05) is 11.9 Å². The Kier molecular flexibility index (Phi) is 4.57. The number of nitrogens with zero attached hydrogens (tertiary/aromatic N) is 3. The van der Waals surface area contributed by atoms with Gasteiger partial charge in [-0.3, -0.25) is 4.68 Å². The normalized spacial score (nSPS) is 10.8. The molecule has 0 aliphatic heterocycles. The van der Waals surface area contributed by atoms with E-state index >= 15 is 0 Å². The molecule has 5 nitrogen and oxygen atoms in total. The Bertz CT molecular complexity index is 565. The molecular weight excluding hydrogens is 273 g/mol. The van der Waals surface area contributed by atoms with Crippen molar-refractivity contribution >= 4 is 5.69 Å². The minimum absolute atomic E-state index is 0.0571. The topological polar surface area (TPSA) is 63.0 Å². The van der Waals surface area contributed by atoms with Crippen molar-refractivity contribution in [1.29, 1.82) is 0 Å². The van der Waals surface area contributed by atoms with Gasteiger partial charge in [0.25, 0.3) is 0 Å². The fourth-order valence-corrected chi connectivity index (χ4v) is 1.61. The molecule has 1 aromatic heterocycles. The minimum atomic E-state index is -1.49. The number of halogens is 3. The lowest BCUT2D eigenvalue weighted by molar-refractivity contribution is 0.276. The van der Waals surface area contributed by atoms with Crippen LogP contribution in [-0.4, -0.2) is 26.7 Å². The lowest BCUT2D eigenvalue weighted by atomic mass is 10.3. The highest BCUT2D eigenvalue weighted by Crippen LogP contribution is 2.17. The molecule has 0 saturated heterocycles. The highest BCUT2D eigenvalue weighted by molar-refractivity contribution is 5.44. The molecule has 2 aromatic rings. The molecule has 108 valence electrons. The molecule has 0 unspecified atom stereocenters. The zero-order valence-electron chi connectivity index (χ0n) is 10.5. The summed E-state index contributed by atoms with van der Waals surface area (Å²) in [5, 5.41) is 19.1. The Labute approximate surface area is 113 Å². The second-order valence-corrected chi connectivity index (χ2v) is 4.16. The van der Waals surface area contributed by atoms with Gasteiger partial charge in [0.1, 0.15) is 5.69 Å². The predicted octanol–water partition coefficient (Wildman–Crippen LogP) is 1.69. The van der Waals surface area contributed by atoms with E-state index in [0.717, 1.165) is 12.1 Å². The van der Waals surface area contributed by atoms with Gasteiger partial charge in [0.15, 0.2) is 17.5 Å². The quantitative estimate of drug-likeness (QED) is 0.793. The molecule has 0 bridgehead atoms. The molecule has 0 aliphatic rings. The van der Waals surface area contributed by atoms with Crippen molar-refractivity contribution in [3.8, 4) is 0 Å². The number of hydrogen-bond acceptors (Lipinski definition) is 4. The van der Waals surface area contributed by atoms with Crippen LogP contribution in [0, 0.1) is 17.5 Å².